The molecule has 0 fully saturated rings. The number of fused-ring (bicyclic) bond motifs is 4. The van der Waals surface area contributed by atoms with Crippen molar-refractivity contribution in [3.8, 4) is 16.8 Å². The molecule has 1 aliphatic heterocycles. The Morgan fingerprint density at radius 2 is 1.23 bits per heavy atom. The third-order valence-corrected chi connectivity index (χ3v) is 8.59. The average Bonchev–Trinajstić information content (AvgIpc) is 3.39. The van der Waals surface area contributed by atoms with Crippen molar-refractivity contribution in [2.45, 2.75) is 20.3 Å². The van der Waals surface area contributed by atoms with Gasteiger partial charge in [-0.25, -0.2) is 0 Å². The van der Waals surface area contributed by atoms with Crippen molar-refractivity contribution in [3.05, 3.63) is 175 Å². The largest absolute Gasteiger partial charge is 0.311 e. The fourth-order valence-electron chi connectivity index (χ4n) is 6.45. The van der Waals surface area contributed by atoms with Crippen LogP contribution in [0.3, 0.4) is 0 Å². The second kappa shape index (κ2) is 10.8. The van der Waals surface area contributed by atoms with Gasteiger partial charge in [-0.15, -0.1) is 0 Å². The number of allylic oxidation sites excluding steroid dienone is 5. The Hall–Kier alpha value is -5.34. The number of rotatable bonds is 4. The predicted octanol–water partition coefficient (Wildman–Crippen LogP) is 10.9. The molecule has 208 valence electrons. The van der Waals surface area contributed by atoms with E-state index in [1.54, 1.807) is 0 Å². The predicted molar refractivity (Wildman–Crippen MR) is 185 cm³/mol. The van der Waals surface area contributed by atoms with Crippen molar-refractivity contribution in [3.63, 3.8) is 0 Å². The maximum Gasteiger partial charge on any atom is 0.0541 e. The smallest absolute Gasteiger partial charge is 0.0541 e. The first kappa shape index (κ1) is 26.6. The Kier molecular flexibility index (Phi) is 6.68. The molecule has 0 aliphatic carbocycles. The molecule has 0 atom stereocenters. The molecule has 5 aromatic carbocycles. The number of hydrogen-bond donors (Lipinski definition) is 0. The first-order valence-electron chi connectivity index (χ1n) is 14.8. The number of benzene rings is 5. The molecule has 0 spiro atoms. The molecule has 1 aliphatic rings. The van der Waals surface area contributed by atoms with E-state index in [0.717, 1.165) is 29.1 Å². The summed E-state index contributed by atoms with van der Waals surface area (Å²) in [4.78, 5) is 2.26. The molecule has 2 nitrogen and oxygen atoms in total. The molecule has 0 bridgehead atoms. The van der Waals surface area contributed by atoms with Crippen LogP contribution in [0.5, 0.6) is 0 Å². The zero-order valence-corrected chi connectivity index (χ0v) is 24.7. The molecule has 0 unspecified atom stereocenters. The zero-order chi connectivity index (χ0) is 29.5. The van der Waals surface area contributed by atoms with Crippen LogP contribution in [-0.4, -0.2) is 4.57 Å². The lowest BCUT2D eigenvalue weighted by Crippen LogP contribution is -2.16. The van der Waals surface area contributed by atoms with Crippen LogP contribution >= 0.6 is 0 Å². The summed E-state index contributed by atoms with van der Waals surface area (Å²) in [6.45, 7) is 12.9. The fraction of sp³-hybridized carbons (Fsp3) is 0.0732. The summed E-state index contributed by atoms with van der Waals surface area (Å²) in [5.74, 6) is 0. The van der Waals surface area contributed by atoms with Gasteiger partial charge in [-0.05, 0) is 102 Å². The molecule has 2 heteroatoms. The Morgan fingerprint density at radius 3 is 1.88 bits per heavy atom. The minimum absolute atomic E-state index is 0.834. The Bertz CT molecular complexity index is 2060. The maximum atomic E-state index is 4.46. The lowest BCUT2D eigenvalue weighted by molar-refractivity contribution is 1.16. The Balaban J connectivity index is 1.29. The van der Waals surface area contributed by atoms with Crippen molar-refractivity contribution in [2.75, 3.05) is 4.90 Å². The van der Waals surface area contributed by atoms with E-state index < -0.39 is 0 Å². The fourth-order valence-corrected chi connectivity index (χ4v) is 6.45. The van der Waals surface area contributed by atoms with E-state index in [1.807, 2.05) is 6.08 Å². The van der Waals surface area contributed by atoms with E-state index in [9.17, 15) is 0 Å². The lowest BCUT2D eigenvalue weighted by Gasteiger charge is -2.28. The zero-order valence-electron chi connectivity index (χ0n) is 24.7. The van der Waals surface area contributed by atoms with Crippen LogP contribution in [0.1, 0.15) is 16.7 Å². The quantitative estimate of drug-likeness (QED) is 0.210. The van der Waals surface area contributed by atoms with E-state index >= 15 is 0 Å². The van der Waals surface area contributed by atoms with Gasteiger partial charge in [0, 0.05) is 33.5 Å². The van der Waals surface area contributed by atoms with Gasteiger partial charge in [0.2, 0.25) is 0 Å². The summed E-state index contributed by atoms with van der Waals surface area (Å²) < 4.78 is 2.38. The van der Waals surface area contributed by atoms with Gasteiger partial charge in [-0.1, -0.05) is 98.1 Å². The molecule has 1 aromatic heterocycles. The minimum Gasteiger partial charge on any atom is -0.311 e. The number of anilines is 2. The molecule has 0 saturated heterocycles. The number of para-hydroxylation sites is 3. The van der Waals surface area contributed by atoms with Crippen molar-refractivity contribution >= 4 is 33.2 Å². The van der Waals surface area contributed by atoms with Crippen LogP contribution in [0.4, 0.5) is 11.4 Å². The minimum atomic E-state index is 0.834. The molecule has 2 heterocycles. The summed E-state index contributed by atoms with van der Waals surface area (Å²) in [6, 6.07) is 39.5. The normalized spacial score (nSPS) is 13.4. The monoisotopic (exact) mass is 554 g/mol. The SMILES string of the molecule is C=CC1=CCc2ccccc2N(c2ccc(-c3ccc(-n4c5ccccc5c5ccccc54)cc3C)c(C)c2)C(=C)C=C1. The highest BCUT2D eigenvalue weighted by Gasteiger charge is 2.18. The number of hydrogen-bond acceptors (Lipinski definition) is 1. The molecule has 43 heavy (non-hydrogen) atoms. The standard InChI is InChI=1S/C41H34N2/c1-5-31-19-18-30(4)42(39-15-9-6-12-32(39)21-20-31)33-22-24-35(28(2)26-33)36-25-23-34(27-29(36)3)43-40-16-10-7-13-37(40)38-14-8-11-17-41(38)43/h5-20,22-27H,1,4,21H2,2-3H3. The molecule has 0 amide bonds. The summed E-state index contributed by atoms with van der Waals surface area (Å²) >= 11 is 0. The van der Waals surface area contributed by atoms with Gasteiger partial charge in [0.05, 0.1) is 11.0 Å². The van der Waals surface area contributed by atoms with Gasteiger partial charge in [0.15, 0.2) is 0 Å². The van der Waals surface area contributed by atoms with Gasteiger partial charge in [0.25, 0.3) is 0 Å². The molecule has 0 N–H and O–H groups in total. The van der Waals surface area contributed by atoms with Crippen molar-refractivity contribution < 1.29 is 0 Å². The summed E-state index contributed by atoms with van der Waals surface area (Å²) in [6.07, 6.45) is 9.13. The number of aromatic nitrogens is 1. The van der Waals surface area contributed by atoms with Gasteiger partial charge < -0.3 is 9.47 Å². The van der Waals surface area contributed by atoms with Gasteiger partial charge in [-0.2, -0.15) is 0 Å². The average molecular weight is 555 g/mol. The highest BCUT2D eigenvalue weighted by atomic mass is 15.1. The molecule has 0 saturated carbocycles. The molecule has 6 aromatic rings. The second-order valence-electron chi connectivity index (χ2n) is 11.3. The van der Waals surface area contributed by atoms with Crippen LogP contribution in [0.2, 0.25) is 0 Å². The maximum absolute atomic E-state index is 4.46. The summed E-state index contributed by atoms with van der Waals surface area (Å²) in [5.41, 5.74) is 14.1. The lowest BCUT2D eigenvalue weighted by atomic mass is 9.95. The van der Waals surface area contributed by atoms with Gasteiger partial charge >= 0.3 is 0 Å². The van der Waals surface area contributed by atoms with Crippen LogP contribution in [0.25, 0.3) is 38.6 Å². The Morgan fingerprint density at radius 1 is 0.651 bits per heavy atom. The van der Waals surface area contributed by atoms with Crippen LogP contribution in [0, 0.1) is 13.8 Å². The number of aryl methyl sites for hydroxylation is 2. The van der Waals surface area contributed by atoms with Crippen molar-refractivity contribution in [1.29, 1.82) is 0 Å². The van der Waals surface area contributed by atoms with Crippen LogP contribution < -0.4 is 4.90 Å². The van der Waals surface area contributed by atoms with Gasteiger partial charge in [-0.3, -0.25) is 0 Å². The molecule has 0 radical (unpaired) electrons. The summed E-state index contributed by atoms with van der Waals surface area (Å²) in [7, 11) is 0. The van der Waals surface area contributed by atoms with Crippen molar-refractivity contribution in [1.82, 2.24) is 4.57 Å². The third kappa shape index (κ3) is 4.62. The van der Waals surface area contributed by atoms with E-state index in [-0.39, 0.29) is 0 Å². The first-order valence-corrected chi connectivity index (χ1v) is 14.8. The Labute approximate surface area is 253 Å². The highest BCUT2D eigenvalue weighted by molar-refractivity contribution is 6.09. The van der Waals surface area contributed by atoms with E-state index in [4.69, 9.17) is 0 Å². The topological polar surface area (TPSA) is 8.17 Å². The van der Waals surface area contributed by atoms with E-state index in [2.05, 4.69) is 164 Å². The molecular formula is C41H34N2. The van der Waals surface area contributed by atoms with E-state index in [0.29, 0.717) is 0 Å². The van der Waals surface area contributed by atoms with E-state index in [1.165, 1.54) is 55.3 Å². The van der Waals surface area contributed by atoms with Gasteiger partial charge in [0.1, 0.15) is 0 Å². The third-order valence-electron chi connectivity index (χ3n) is 8.59. The highest BCUT2D eigenvalue weighted by Crippen LogP contribution is 2.38. The molecular weight excluding hydrogens is 520 g/mol. The summed E-state index contributed by atoms with van der Waals surface area (Å²) in [5, 5.41) is 2.56. The first-order chi connectivity index (χ1) is 21.0. The molecule has 7 rings (SSSR count). The second-order valence-corrected chi connectivity index (χ2v) is 11.3. The van der Waals surface area contributed by atoms with Crippen LogP contribution in [0.15, 0.2) is 158 Å². The number of nitrogens with zero attached hydrogens (tertiary/aromatic N) is 2. The van der Waals surface area contributed by atoms with Crippen LogP contribution in [-0.2, 0) is 6.42 Å². The van der Waals surface area contributed by atoms with Crippen molar-refractivity contribution in [2.24, 2.45) is 0 Å².